The Morgan fingerprint density at radius 2 is 1.60 bits per heavy atom. The van der Waals surface area contributed by atoms with Gasteiger partial charge in [-0.2, -0.15) is 0 Å². The van der Waals surface area contributed by atoms with Crippen molar-refractivity contribution in [2.75, 3.05) is 0 Å². The Bertz CT molecular complexity index is 998. The third-order valence-corrected chi connectivity index (χ3v) is 4.12. The number of imide groups is 1. The average molecular weight is 335 g/mol. The maximum Gasteiger partial charge on any atom is 0.368 e. The van der Waals surface area contributed by atoms with Crippen LogP contribution in [0.3, 0.4) is 0 Å². The van der Waals surface area contributed by atoms with Crippen molar-refractivity contribution in [2.24, 2.45) is 0 Å². The molecule has 124 valence electrons. The zero-order valence-corrected chi connectivity index (χ0v) is 13.3. The minimum atomic E-state index is -0.795. The van der Waals surface area contributed by atoms with Gasteiger partial charge in [0.05, 0.1) is 11.1 Å². The Kier molecular flexibility index (Phi) is 3.39. The number of hydroxylamine groups is 2. The van der Waals surface area contributed by atoms with Crippen LogP contribution in [0.1, 0.15) is 43.8 Å². The quantitative estimate of drug-likeness (QED) is 0.686. The van der Waals surface area contributed by atoms with Crippen LogP contribution >= 0.6 is 0 Å². The normalized spacial score (nSPS) is 13.4. The van der Waals surface area contributed by atoms with Crippen molar-refractivity contribution in [2.45, 2.75) is 13.3 Å². The van der Waals surface area contributed by atoms with Crippen molar-refractivity contribution in [1.82, 2.24) is 5.06 Å². The first-order valence-corrected chi connectivity index (χ1v) is 7.82. The van der Waals surface area contributed by atoms with E-state index in [1.54, 1.807) is 36.4 Å². The van der Waals surface area contributed by atoms with Crippen LogP contribution in [0.5, 0.6) is 0 Å². The van der Waals surface area contributed by atoms with Gasteiger partial charge in [0.2, 0.25) is 0 Å². The van der Waals surface area contributed by atoms with E-state index in [0.717, 1.165) is 0 Å². The number of hydrogen-bond donors (Lipinski definition) is 0. The highest BCUT2D eigenvalue weighted by atomic mass is 16.7. The van der Waals surface area contributed by atoms with Crippen LogP contribution in [0.25, 0.3) is 11.0 Å². The van der Waals surface area contributed by atoms with Crippen molar-refractivity contribution in [3.05, 3.63) is 71.0 Å². The van der Waals surface area contributed by atoms with Crippen LogP contribution in [0.2, 0.25) is 0 Å². The highest BCUT2D eigenvalue weighted by Crippen LogP contribution is 2.29. The smallest absolute Gasteiger partial charge is 0.368 e. The van der Waals surface area contributed by atoms with E-state index in [9.17, 15) is 14.4 Å². The zero-order chi connectivity index (χ0) is 17.6. The monoisotopic (exact) mass is 335 g/mol. The van der Waals surface area contributed by atoms with E-state index in [1.807, 2.05) is 6.92 Å². The average Bonchev–Trinajstić information content (AvgIpc) is 3.13. The van der Waals surface area contributed by atoms with Crippen LogP contribution in [-0.4, -0.2) is 22.8 Å². The molecule has 0 unspecified atom stereocenters. The van der Waals surface area contributed by atoms with Gasteiger partial charge in [0, 0.05) is 11.8 Å². The summed E-state index contributed by atoms with van der Waals surface area (Å²) < 4.78 is 5.66. The lowest BCUT2D eigenvalue weighted by molar-refractivity contribution is -0.0584. The number of carbonyl (C=O) groups is 3. The van der Waals surface area contributed by atoms with Gasteiger partial charge in [-0.25, -0.2) is 4.79 Å². The second-order valence-corrected chi connectivity index (χ2v) is 5.58. The third-order valence-electron chi connectivity index (χ3n) is 4.12. The molecule has 1 aromatic heterocycles. The van der Waals surface area contributed by atoms with E-state index in [1.165, 1.54) is 12.1 Å². The maximum absolute atomic E-state index is 12.7. The van der Waals surface area contributed by atoms with Gasteiger partial charge in [0.1, 0.15) is 16.9 Å². The van der Waals surface area contributed by atoms with Gasteiger partial charge in [-0.15, -0.1) is 0 Å². The maximum atomic E-state index is 12.7. The fourth-order valence-electron chi connectivity index (χ4n) is 2.95. The molecule has 4 rings (SSSR count). The lowest BCUT2D eigenvalue weighted by Gasteiger charge is -2.12. The number of rotatable bonds is 3. The first-order chi connectivity index (χ1) is 12.1. The van der Waals surface area contributed by atoms with Gasteiger partial charge in [-0.1, -0.05) is 42.3 Å². The molecule has 2 aromatic carbocycles. The van der Waals surface area contributed by atoms with E-state index in [0.29, 0.717) is 28.2 Å². The van der Waals surface area contributed by atoms with Gasteiger partial charge in [-0.3, -0.25) is 9.59 Å². The van der Waals surface area contributed by atoms with Crippen molar-refractivity contribution >= 4 is 28.8 Å². The number of para-hydroxylation sites is 1. The largest absolute Gasteiger partial charge is 0.460 e. The van der Waals surface area contributed by atoms with Gasteiger partial charge >= 0.3 is 5.97 Å². The molecule has 0 saturated heterocycles. The number of nitrogens with zero attached hydrogens (tertiary/aromatic N) is 1. The number of fused-ring (bicyclic) bond motifs is 2. The van der Waals surface area contributed by atoms with Crippen molar-refractivity contribution < 1.29 is 23.6 Å². The summed E-state index contributed by atoms with van der Waals surface area (Å²) in [5.41, 5.74) is 1.21. The summed E-state index contributed by atoms with van der Waals surface area (Å²) in [4.78, 5) is 42.5. The molecular weight excluding hydrogens is 322 g/mol. The number of benzene rings is 2. The Morgan fingerprint density at radius 3 is 2.24 bits per heavy atom. The third kappa shape index (κ3) is 2.22. The minimum absolute atomic E-state index is 0.216. The minimum Gasteiger partial charge on any atom is -0.460 e. The van der Waals surface area contributed by atoms with Crippen LogP contribution in [-0.2, 0) is 11.3 Å². The van der Waals surface area contributed by atoms with Gasteiger partial charge in [0.25, 0.3) is 11.8 Å². The lowest BCUT2D eigenvalue weighted by atomic mass is 10.1. The predicted octanol–water partition coefficient (Wildman–Crippen LogP) is 3.36. The topological polar surface area (TPSA) is 76.8 Å². The first-order valence-electron chi connectivity index (χ1n) is 7.82. The second kappa shape index (κ2) is 5.59. The molecule has 1 aliphatic heterocycles. The zero-order valence-electron chi connectivity index (χ0n) is 13.3. The van der Waals surface area contributed by atoms with Crippen molar-refractivity contribution in [3.63, 3.8) is 0 Å². The number of aryl methyl sites for hydroxylation is 1. The van der Waals surface area contributed by atoms with Gasteiger partial charge < -0.3 is 9.25 Å². The summed E-state index contributed by atoms with van der Waals surface area (Å²) >= 11 is 0. The molecule has 2 amide bonds. The summed E-state index contributed by atoms with van der Waals surface area (Å²) in [6, 6.07) is 13.4. The molecule has 6 heteroatoms. The van der Waals surface area contributed by atoms with E-state index >= 15 is 0 Å². The summed E-state index contributed by atoms with van der Waals surface area (Å²) in [7, 11) is 0. The fourth-order valence-corrected chi connectivity index (χ4v) is 2.95. The van der Waals surface area contributed by atoms with E-state index in [-0.39, 0.29) is 16.7 Å². The SMILES string of the molecule is CCc1oc2ccccc2c1C(=O)ON1C(=O)c2ccccc2C1=O. The highest BCUT2D eigenvalue weighted by Gasteiger charge is 2.39. The number of hydrogen-bond acceptors (Lipinski definition) is 5. The fraction of sp³-hybridized carbons (Fsp3) is 0.105. The predicted molar refractivity (Wildman–Crippen MR) is 87.9 cm³/mol. The first kappa shape index (κ1) is 15.1. The lowest BCUT2D eigenvalue weighted by Crippen LogP contribution is -2.32. The Morgan fingerprint density at radius 1 is 1.00 bits per heavy atom. The molecule has 0 spiro atoms. The van der Waals surface area contributed by atoms with E-state index in [2.05, 4.69) is 0 Å². The molecule has 6 nitrogen and oxygen atoms in total. The van der Waals surface area contributed by atoms with Crippen molar-refractivity contribution in [3.8, 4) is 0 Å². The highest BCUT2D eigenvalue weighted by molar-refractivity contribution is 6.21. The Labute approximate surface area is 142 Å². The number of furan rings is 1. The Balaban J connectivity index is 1.70. The molecule has 2 heterocycles. The molecule has 0 aliphatic carbocycles. The summed E-state index contributed by atoms with van der Waals surface area (Å²) in [5, 5.41) is 1.09. The van der Waals surface area contributed by atoms with Crippen LogP contribution in [0.4, 0.5) is 0 Å². The standard InChI is InChI=1S/C19H13NO5/c1-2-14-16(13-9-5-6-10-15(13)24-14)19(23)25-20-17(21)11-7-3-4-8-12(11)18(20)22/h3-10H,2H2,1H3. The molecule has 0 atom stereocenters. The summed E-state index contributed by atoms with van der Waals surface area (Å²) in [5.74, 6) is -1.65. The molecule has 0 fully saturated rings. The molecule has 1 aliphatic rings. The second-order valence-electron chi connectivity index (χ2n) is 5.58. The summed E-state index contributed by atoms with van der Waals surface area (Å²) in [6.45, 7) is 1.84. The molecule has 0 radical (unpaired) electrons. The van der Waals surface area contributed by atoms with Crippen LogP contribution in [0.15, 0.2) is 52.9 Å². The molecule has 0 bridgehead atoms. The van der Waals surface area contributed by atoms with E-state index in [4.69, 9.17) is 9.25 Å². The molecular formula is C19H13NO5. The Hall–Kier alpha value is -3.41. The van der Waals surface area contributed by atoms with Gasteiger partial charge in [0.15, 0.2) is 0 Å². The number of carbonyl (C=O) groups excluding carboxylic acids is 3. The number of amides is 2. The van der Waals surface area contributed by atoms with Crippen molar-refractivity contribution in [1.29, 1.82) is 0 Å². The van der Waals surface area contributed by atoms with Gasteiger partial charge in [-0.05, 0) is 18.2 Å². The van der Waals surface area contributed by atoms with Crippen LogP contribution < -0.4 is 0 Å². The molecule has 0 N–H and O–H groups in total. The van der Waals surface area contributed by atoms with Crippen LogP contribution in [0, 0.1) is 0 Å². The molecule has 0 saturated carbocycles. The molecule has 25 heavy (non-hydrogen) atoms. The van der Waals surface area contributed by atoms with E-state index < -0.39 is 17.8 Å². The summed E-state index contributed by atoms with van der Waals surface area (Å²) in [6.07, 6.45) is 0.473. The molecule has 3 aromatic rings.